The highest BCUT2D eigenvalue weighted by Crippen LogP contribution is 2.26. The minimum atomic E-state index is -0.606. The van der Waals surface area contributed by atoms with Gasteiger partial charge in [0.1, 0.15) is 17.6 Å². The first-order chi connectivity index (χ1) is 8.13. The fourth-order valence-corrected chi connectivity index (χ4v) is 1.61. The molecular formula is C13H16O4. The molecule has 0 heterocycles. The lowest BCUT2D eigenvalue weighted by atomic mass is 10.0. The predicted molar refractivity (Wildman–Crippen MR) is 63.4 cm³/mol. The lowest BCUT2D eigenvalue weighted by Gasteiger charge is -2.09. The fraction of sp³-hybridized carbons (Fsp3) is 0.385. The van der Waals surface area contributed by atoms with Crippen LogP contribution in [0.1, 0.15) is 46.5 Å². The second kappa shape index (κ2) is 6.03. The van der Waals surface area contributed by atoms with Crippen molar-refractivity contribution in [3.8, 4) is 5.75 Å². The molecule has 0 aliphatic carbocycles. The van der Waals surface area contributed by atoms with Crippen molar-refractivity contribution < 1.29 is 19.4 Å². The van der Waals surface area contributed by atoms with Crippen molar-refractivity contribution in [2.75, 3.05) is 6.61 Å². The molecule has 1 rings (SSSR count). The van der Waals surface area contributed by atoms with Gasteiger partial charge >= 0.3 is 5.97 Å². The molecular weight excluding hydrogens is 220 g/mol. The summed E-state index contributed by atoms with van der Waals surface area (Å²) in [5.74, 6) is -0.693. The third kappa shape index (κ3) is 3.06. The first-order valence-electron chi connectivity index (χ1n) is 5.62. The molecule has 0 unspecified atom stereocenters. The van der Waals surface area contributed by atoms with Crippen molar-refractivity contribution in [1.82, 2.24) is 0 Å². The van der Waals surface area contributed by atoms with Crippen LogP contribution in [0, 0.1) is 0 Å². The van der Waals surface area contributed by atoms with Gasteiger partial charge in [-0.1, -0.05) is 13.3 Å². The average molecular weight is 236 g/mol. The van der Waals surface area contributed by atoms with E-state index < -0.39 is 5.97 Å². The molecule has 4 nitrogen and oxygen atoms in total. The maximum atomic E-state index is 11.6. The lowest BCUT2D eigenvalue weighted by Crippen LogP contribution is -2.07. The van der Waals surface area contributed by atoms with Crippen LogP contribution >= 0.6 is 0 Å². The van der Waals surface area contributed by atoms with Crippen LogP contribution in [0.2, 0.25) is 0 Å². The van der Waals surface area contributed by atoms with Gasteiger partial charge in [-0.3, -0.25) is 4.79 Å². The number of aryl methyl sites for hydroxylation is 1. The van der Waals surface area contributed by atoms with Gasteiger partial charge in [0.25, 0.3) is 0 Å². The second-order valence-corrected chi connectivity index (χ2v) is 3.66. The van der Waals surface area contributed by atoms with Crippen molar-refractivity contribution >= 4 is 12.3 Å². The number of hydrogen-bond donors (Lipinski definition) is 1. The van der Waals surface area contributed by atoms with E-state index in [1.807, 2.05) is 6.92 Å². The molecule has 4 heteroatoms. The van der Waals surface area contributed by atoms with E-state index >= 15 is 0 Å². The van der Waals surface area contributed by atoms with Gasteiger partial charge in [-0.2, -0.15) is 0 Å². The molecule has 0 saturated heterocycles. The van der Waals surface area contributed by atoms with Crippen LogP contribution in [0.3, 0.4) is 0 Å². The largest absolute Gasteiger partial charge is 0.507 e. The molecule has 0 aliphatic heterocycles. The van der Waals surface area contributed by atoms with Crippen molar-refractivity contribution in [1.29, 1.82) is 0 Å². The van der Waals surface area contributed by atoms with Crippen molar-refractivity contribution in [3.05, 3.63) is 28.8 Å². The third-order valence-corrected chi connectivity index (χ3v) is 2.36. The predicted octanol–water partition coefficient (Wildman–Crippen LogP) is 2.33. The van der Waals surface area contributed by atoms with E-state index in [4.69, 9.17) is 4.74 Å². The van der Waals surface area contributed by atoms with Gasteiger partial charge in [0.2, 0.25) is 0 Å². The summed E-state index contributed by atoms with van der Waals surface area (Å²) in [6.45, 7) is 3.87. The van der Waals surface area contributed by atoms with E-state index in [1.54, 1.807) is 13.0 Å². The van der Waals surface area contributed by atoms with Gasteiger partial charge in [-0.25, -0.2) is 4.79 Å². The lowest BCUT2D eigenvalue weighted by molar-refractivity contribution is 0.0523. The highest BCUT2D eigenvalue weighted by atomic mass is 16.5. The molecule has 0 spiro atoms. The molecule has 0 fully saturated rings. The number of ether oxygens (including phenoxy) is 1. The summed E-state index contributed by atoms with van der Waals surface area (Å²) in [5.41, 5.74) is 1.02. The topological polar surface area (TPSA) is 63.6 Å². The summed E-state index contributed by atoms with van der Waals surface area (Å²) in [6, 6.07) is 2.94. The van der Waals surface area contributed by atoms with E-state index in [1.165, 1.54) is 6.07 Å². The molecule has 0 amide bonds. The van der Waals surface area contributed by atoms with Gasteiger partial charge in [-0.15, -0.1) is 0 Å². The van der Waals surface area contributed by atoms with Crippen molar-refractivity contribution in [2.24, 2.45) is 0 Å². The zero-order valence-corrected chi connectivity index (χ0v) is 10.0. The number of carbonyl (C=O) groups is 2. The van der Waals surface area contributed by atoms with Crippen LogP contribution in [-0.2, 0) is 11.2 Å². The van der Waals surface area contributed by atoms with Crippen molar-refractivity contribution in [2.45, 2.75) is 26.7 Å². The molecule has 0 saturated carbocycles. The first-order valence-corrected chi connectivity index (χ1v) is 5.62. The van der Waals surface area contributed by atoms with Crippen LogP contribution in [0.4, 0.5) is 0 Å². The summed E-state index contributed by atoms with van der Waals surface area (Å²) in [5, 5.41) is 9.92. The SMILES string of the molecule is CCCc1cc(C=O)cc(C(=O)OCC)c1O. The smallest absolute Gasteiger partial charge is 0.341 e. The zero-order valence-electron chi connectivity index (χ0n) is 10.0. The minimum Gasteiger partial charge on any atom is -0.507 e. The van der Waals surface area contributed by atoms with Crippen LogP contribution in [0.15, 0.2) is 12.1 Å². The Morgan fingerprint density at radius 1 is 1.41 bits per heavy atom. The van der Waals surface area contributed by atoms with Gasteiger partial charge in [0.15, 0.2) is 0 Å². The maximum Gasteiger partial charge on any atom is 0.341 e. The van der Waals surface area contributed by atoms with Crippen LogP contribution < -0.4 is 0 Å². The van der Waals surface area contributed by atoms with Crippen LogP contribution in [0.5, 0.6) is 5.75 Å². The molecule has 0 aliphatic rings. The average Bonchev–Trinajstić information content (AvgIpc) is 2.32. The van der Waals surface area contributed by atoms with Crippen LogP contribution in [0.25, 0.3) is 0 Å². The number of rotatable bonds is 5. The minimum absolute atomic E-state index is 0.0555. The molecule has 0 aromatic heterocycles. The number of esters is 1. The standard InChI is InChI=1S/C13H16O4/c1-3-5-10-6-9(8-14)7-11(12(10)15)13(16)17-4-2/h6-8,15H,3-5H2,1-2H3. The molecule has 0 radical (unpaired) electrons. The Morgan fingerprint density at radius 3 is 2.65 bits per heavy atom. The zero-order chi connectivity index (χ0) is 12.8. The molecule has 1 aromatic rings. The number of phenols is 1. The first kappa shape index (κ1) is 13.2. The third-order valence-electron chi connectivity index (χ3n) is 2.36. The molecule has 17 heavy (non-hydrogen) atoms. The van der Waals surface area contributed by atoms with Gasteiger partial charge in [0.05, 0.1) is 6.61 Å². The number of phenolic OH excluding ortho intramolecular Hbond substituents is 1. The molecule has 1 N–H and O–H groups in total. The Kier molecular flexibility index (Phi) is 4.69. The Balaban J connectivity index is 3.22. The number of aromatic hydroxyl groups is 1. The van der Waals surface area contributed by atoms with E-state index in [0.717, 1.165) is 6.42 Å². The summed E-state index contributed by atoms with van der Waals surface area (Å²) in [6.07, 6.45) is 2.08. The highest BCUT2D eigenvalue weighted by molar-refractivity contribution is 5.95. The van der Waals surface area contributed by atoms with Crippen molar-refractivity contribution in [3.63, 3.8) is 0 Å². The van der Waals surface area contributed by atoms with E-state index in [-0.39, 0.29) is 17.9 Å². The van der Waals surface area contributed by atoms with Gasteiger partial charge in [-0.05, 0) is 31.0 Å². The molecule has 0 atom stereocenters. The number of aldehydes is 1. The number of carbonyl (C=O) groups excluding carboxylic acids is 2. The molecule has 92 valence electrons. The highest BCUT2D eigenvalue weighted by Gasteiger charge is 2.16. The molecule has 0 bridgehead atoms. The maximum absolute atomic E-state index is 11.6. The number of benzene rings is 1. The summed E-state index contributed by atoms with van der Waals surface area (Å²) in [7, 11) is 0. The number of hydrogen-bond acceptors (Lipinski definition) is 4. The summed E-state index contributed by atoms with van der Waals surface area (Å²) >= 11 is 0. The van der Waals surface area contributed by atoms with Gasteiger partial charge < -0.3 is 9.84 Å². The van der Waals surface area contributed by atoms with Gasteiger partial charge in [0, 0.05) is 5.56 Å². The van der Waals surface area contributed by atoms with E-state index in [9.17, 15) is 14.7 Å². The van der Waals surface area contributed by atoms with E-state index in [2.05, 4.69) is 0 Å². The monoisotopic (exact) mass is 236 g/mol. The van der Waals surface area contributed by atoms with Crippen LogP contribution in [-0.4, -0.2) is 24.0 Å². The Labute approximate surface area is 100 Å². The second-order valence-electron chi connectivity index (χ2n) is 3.66. The Hall–Kier alpha value is -1.84. The summed E-state index contributed by atoms with van der Waals surface area (Å²) in [4.78, 5) is 22.4. The Bertz CT molecular complexity index is 424. The molecule has 1 aromatic carbocycles. The Morgan fingerprint density at radius 2 is 2.12 bits per heavy atom. The van der Waals surface area contributed by atoms with E-state index in [0.29, 0.717) is 23.8 Å². The normalized spacial score (nSPS) is 10.0. The summed E-state index contributed by atoms with van der Waals surface area (Å²) < 4.78 is 4.83. The quantitative estimate of drug-likeness (QED) is 0.629. The fourth-order valence-electron chi connectivity index (χ4n) is 1.61.